The van der Waals surface area contributed by atoms with Crippen molar-refractivity contribution >= 4 is 5.97 Å². The molecule has 1 fully saturated rings. The fourth-order valence-electron chi connectivity index (χ4n) is 2.58. The second-order valence-electron chi connectivity index (χ2n) is 5.44. The lowest BCUT2D eigenvalue weighted by Crippen LogP contribution is -2.34. The summed E-state index contributed by atoms with van der Waals surface area (Å²) in [4.78, 5) is 27.1. The summed E-state index contributed by atoms with van der Waals surface area (Å²) in [5.74, 6) is -1.29. The third kappa shape index (κ3) is 2.55. The number of rotatable bonds is 4. The topological polar surface area (TPSA) is 72.2 Å². The molecular formula is C14H20N2O3. The van der Waals surface area contributed by atoms with Crippen LogP contribution < -0.4 is 5.69 Å². The van der Waals surface area contributed by atoms with Crippen LogP contribution in [0.2, 0.25) is 0 Å². The molecule has 0 aromatic carbocycles. The molecule has 1 aliphatic rings. The molecule has 0 amide bonds. The molecule has 104 valence electrons. The Morgan fingerprint density at radius 3 is 2.58 bits per heavy atom. The first kappa shape index (κ1) is 13.8. The van der Waals surface area contributed by atoms with Crippen molar-refractivity contribution in [1.29, 1.82) is 0 Å². The van der Waals surface area contributed by atoms with Crippen molar-refractivity contribution < 1.29 is 9.90 Å². The van der Waals surface area contributed by atoms with Crippen LogP contribution in [-0.4, -0.2) is 20.6 Å². The molecule has 5 nitrogen and oxygen atoms in total. The van der Waals surface area contributed by atoms with Crippen LogP contribution in [0.3, 0.4) is 0 Å². The van der Waals surface area contributed by atoms with E-state index in [1.807, 2.05) is 6.92 Å². The van der Waals surface area contributed by atoms with Gasteiger partial charge in [0.2, 0.25) is 0 Å². The highest BCUT2D eigenvalue weighted by atomic mass is 16.4. The van der Waals surface area contributed by atoms with Crippen molar-refractivity contribution in [1.82, 2.24) is 9.55 Å². The smallest absolute Gasteiger partial charge is 0.348 e. The summed E-state index contributed by atoms with van der Waals surface area (Å²) >= 11 is 0. The van der Waals surface area contributed by atoms with Gasteiger partial charge >= 0.3 is 11.7 Å². The molecule has 1 N–H and O–H groups in total. The molecule has 2 rings (SSSR count). The molecule has 1 atom stereocenters. The molecule has 0 spiro atoms. The Hall–Kier alpha value is -1.65. The lowest BCUT2D eigenvalue weighted by Gasteiger charge is -2.30. The summed E-state index contributed by atoms with van der Waals surface area (Å²) in [6, 6.07) is 0.250. The van der Waals surface area contributed by atoms with Gasteiger partial charge in [0, 0.05) is 17.4 Å². The zero-order valence-electron chi connectivity index (χ0n) is 11.6. The molecule has 0 radical (unpaired) electrons. The quantitative estimate of drug-likeness (QED) is 0.900. The molecule has 1 heterocycles. The second kappa shape index (κ2) is 5.15. The monoisotopic (exact) mass is 264 g/mol. The molecule has 1 aromatic heterocycles. The van der Waals surface area contributed by atoms with E-state index in [4.69, 9.17) is 5.11 Å². The zero-order chi connectivity index (χ0) is 14.2. The van der Waals surface area contributed by atoms with E-state index in [0.29, 0.717) is 12.1 Å². The Balaban J connectivity index is 2.42. The Kier molecular flexibility index (Phi) is 3.73. The van der Waals surface area contributed by atoms with Gasteiger partial charge in [0.1, 0.15) is 0 Å². The lowest BCUT2D eigenvalue weighted by atomic mass is 9.91. The molecule has 19 heavy (non-hydrogen) atoms. The van der Waals surface area contributed by atoms with Crippen molar-refractivity contribution in [2.24, 2.45) is 5.92 Å². The van der Waals surface area contributed by atoms with E-state index in [9.17, 15) is 9.59 Å². The van der Waals surface area contributed by atoms with Gasteiger partial charge in [0.15, 0.2) is 0 Å². The molecule has 1 aromatic rings. The van der Waals surface area contributed by atoms with Crippen LogP contribution in [0.15, 0.2) is 4.79 Å². The Labute approximate surface area is 112 Å². The summed E-state index contributed by atoms with van der Waals surface area (Å²) in [5, 5.41) is 9.03. The van der Waals surface area contributed by atoms with Gasteiger partial charge in [-0.1, -0.05) is 6.92 Å². The number of carboxylic acid groups (broad SMARTS) is 1. The van der Waals surface area contributed by atoms with Gasteiger partial charge in [0.05, 0.1) is 5.92 Å². The average Bonchev–Trinajstić information content (AvgIpc) is 2.26. The predicted octanol–water partition coefficient (Wildman–Crippen LogP) is 1.85. The first-order valence-corrected chi connectivity index (χ1v) is 6.73. The number of nitrogens with zero attached hydrogens (tertiary/aromatic N) is 2. The summed E-state index contributed by atoms with van der Waals surface area (Å²) in [7, 11) is 0. The molecule has 0 saturated heterocycles. The van der Waals surface area contributed by atoms with E-state index in [1.165, 1.54) is 0 Å². The summed E-state index contributed by atoms with van der Waals surface area (Å²) < 4.78 is 1.75. The number of aryl methyl sites for hydroxylation is 1. The standard InChI is InChI=1S/C14H20N2O3/c1-8(13(17)18)7-12-9(2)15-14(19)16(10(12)3)11-5-4-6-11/h8,11H,4-7H2,1-3H3,(H,17,18). The first-order valence-electron chi connectivity index (χ1n) is 6.73. The van der Waals surface area contributed by atoms with Gasteiger partial charge in [-0.25, -0.2) is 4.79 Å². The van der Waals surface area contributed by atoms with E-state index >= 15 is 0 Å². The number of hydrogen-bond donors (Lipinski definition) is 1. The van der Waals surface area contributed by atoms with Crippen LogP contribution in [0.5, 0.6) is 0 Å². The number of aromatic nitrogens is 2. The van der Waals surface area contributed by atoms with E-state index in [2.05, 4.69) is 4.98 Å². The fourth-order valence-corrected chi connectivity index (χ4v) is 2.58. The summed E-state index contributed by atoms with van der Waals surface area (Å²) in [6.07, 6.45) is 3.59. The highest BCUT2D eigenvalue weighted by Crippen LogP contribution is 2.32. The van der Waals surface area contributed by atoms with E-state index in [0.717, 1.165) is 30.5 Å². The highest BCUT2D eigenvalue weighted by Gasteiger charge is 2.25. The number of aliphatic carboxylic acids is 1. The largest absolute Gasteiger partial charge is 0.481 e. The van der Waals surface area contributed by atoms with Gasteiger partial charge in [0.25, 0.3) is 0 Å². The van der Waals surface area contributed by atoms with Gasteiger partial charge in [-0.05, 0) is 45.1 Å². The fraction of sp³-hybridized carbons (Fsp3) is 0.643. The number of hydrogen-bond acceptors (Lipinski definition) is 3. The van der Waals surface area contributed by atoms with Gasteiger partial charge in [-0.3, -0.25) is 9.36 Å². The Morgan fingerprint density at radius 2 is 2.11 bits per heavy atom. The normalized spacial score (nSPS) is 17.0. The molecule has 1 aliphatic carbocycles. The minimum absolute atomic E-state index is 0.202. The summed E-state index contributed by atoms with van der Waals surface area (Å²) in [6.45, 7) is 5.36. The van der Waals surface area contributed by atoms with Crippen molar-refractivity contribution in [3.63, 3.8) is 0 Å². The van der Waals surface area contributed by atoms with Crippen molar-refractivity contribution in [2.45, 2.75) is 52.5 Å². The Bertz CT molecular complexity index is 559. The molecule has 0 aliphatic heterocycles. The van der Waals surface area contributed by atoms with Gasteiger partial charge < -0.3 is 5.11 Å². The lowest BCUT2D eigenvalue weighted by molar-refractivity contribution is -0.141. The zero-order valence-corrected chi connectivity index (χ0v) is 11.6. The van der Waals surface area contributed by atoms with Crippen LogP contribution >= 0.6 is 0 Å². The first-order chi connectivity index (χ1) is 8.91. The number of carbonyl (C=O) groups is 1. The maximum Gasteiger partial charge on any atom is 0.348 e. The summed E-state index contributed by atoms with van der Waals surface area (Å²) in [5.41, 5.74) is 2.24. The van der Waals surface area contributed by atoms with E-state index < -0.39 is 11.9 Å². The second-order valence-corrected chi connectivity index (χ2v) is 5.44. The minimum atomic E-state index is -0.819. The average molecular weight is 264 g/mol. The van der Waals surface area contributed by atoms with Gasteiger partial charge in [-0.2, -0.15) is 4.98 Å². The SMILES string of the molecule is Cc1nc(=O)n(C2CCC2)c(C)c1CC(C)C(=O)O. The van der Waals surface area contributed by atoms with Crippen LogP contribution in [-0.2, 0) is 11.2 Å². The maximum absolute atomic E-state index is 12.0. The third-order valence-corrected chi connectivity index (χ3v) is 4.08. The van der Waals surface area contributed by atoms with Crippen LogP contribution in [0, 0.1) is 19.8 Å². The van der Waals surface area contributed by atoms with Crippen molar-refractivity contribution in [3.8, 4) is 0 Å². The molecule has 1 saturated carbocycles. The third-order valence-electron chi connectivity index (χ3n) is 4.08. The van der Waals surface area contributed by atoms with Crippen LogP contribution in [0.4, 0.5) is 0 Å². The maximum atomic E-state index is 12.0. The highest BCUT2D eigenvalue weighted by molar-refractivity contribution is 5.70. The molecule has 1 unspecified atom stereocenters. The molecule has 5 heteroatoms. The van der Waals surface area contributed by atoms with E-state index in [-0.39, 0.29) is 11.7 Å². The number of carboxylic acids is 1. The molecule has 0 bridgehead atoms. The van der Waals surface area contributed by atoms with Crippen LogP contribution in [0.25, 0.3) is 0 Å². The van der Waals surface area contributed by atoms with Crippen molar-refractivity contribution in [3.05, 3.63) is 27.4 Å². The van der Waals surface area contributed by atoms with E-state index in [1.54, 1.807) is 18.4 Å². The van der Waals surface area contributed by atoms with Crippen LogP contribution in [0.1, 0.15) is 49.2 Å². The van der Waals surface area contributed by atoms with Gasteiger partial charge in [-0.15, -0.1) is 0 Å². The Morgan fingerprint density at radius 1 is 1.47 bits per heavy atom. The molecular weight excluding hydrogens is 244 g/mol. The predicted molar refractivity (Wildman–Crippen MR) is 71.4 cm³/mol. The minimum Gasteiger partial charge on any atom is -0.481 e. The van der Waals surface area contributed by atoms with Crippen molar-refractivity contribution in [2.75, 3.05) is 0 Å².